The average molecular weight is 213 g/mol. The monoisotopic (exact) mass is 213 g/mol. The molecule has 14 heavy (non-hydrogen) atoms. The molecule has 1 aromatic rings. The lowest BCUT2D eigenvalue weighted by molar-refractivity contribution is 0.387. The van der Waals surface area contributed by atoms with Gasteiger partial charge in [0.05, 0.1) is 10.8 Å². The Balaban J connectivity index is 2.23. The molecule has 0 bridgehead atoms. The van der Waals surface area contributed by atoms with Crippen molar-refractivity contribution in [1.82, 2.24) is 10.2 Å². The van der Waals surface area contributed by atoms with E-state index in [1.54, 1.807) is 0 Å². The molecule has 1 aromatic heterocycles. The van der Waals surface area contributed by atoms with E-state index in [1.807, 2.05) is 18.7 Å². The number of thioether (sulfide) groups is 1. The van der Waals surface area contributed by atoms with E-state index in [2.05, 4.69) is 17.1 Å². The van der Waals surface area contributed by atoms with Crippen molar-refractivity contribution in [3.05, 3.63) is 11.8 Å². The van der Waals surface area contributed by atoms with Crippen molar-refractivity contribution in [1.29, 1.82) is 0 Å². The summed E-state index contributed by atoms with van der Waals surface area (Å²) in [6, 6.07) is -0.175. The molecule has 1 aliphatic rings. The fourth-order valence-corrected chi connectivity index (χ4v) is 2.81. The fourth-order valence-electron chi connectivity index (χ4n) is 1.58. The van der Waals surface area contributed by atoms with Crippen LogP contribution in [0.4, 0.5) is 0 Å². The summed E-state index contributed by atoms with van der Waals surface area (Å²) in [4.78, 5) is 0. The van der Waals surface area contributed by atoms with Gasteiger partial charge in [0.15, 0.2) is 0 Å². The zero-order valence-electron chi connectivity index (χ0n) is 8.49. The van der Waals surface area contributed by atoms with Crippen molar-refractivity contribution >= 4 is 11.8 Å². The Labute approximate surface area is 87.6 Å². The minimum atomic E-state index is -0.175. The molecule has 2 rings (SSSR count). The number of nitrogens with two attached hydrogens (primary N) is 1. The first-order valence-corrected chi connectivity index (χ1v) is 5.84. The predicted octanol–water partition coefficient (Wildman–Crippen LogP) is 1.83. The molecule has 0 amide bonds. The SMILES string of the molecule is CC(N)c1nnc(C2(C)CCCS2)o1. The molecule has 2 unspecified atom stereocenters. The molecule has 2 heterocycles. The number of rotatable bonds is 2. The number of nitrogens with zero attached hydrogens (tertiary/aromatic N) is 2. The summed E-state index contributed by atoms with van der Waals surface area (Å²) in [6.45, 7) is 4.00. The van der Waals surface area contributed by atoms with Gasteiger partial charge in [-0.1, -0.05) is 0 Å². The zero-order chi connectivity index (χ0) is 10.2. The second-order valence-electron chi connectivity index (χ2n) is 3.92. The molecule has 4 nitrogen and oxygen atoms in total. The Hall–Kier alpha value is -0.550. The second-order valence-corrected chi connectivity index (χ2v) is 5.51. The van der Waals surface area contributed by atoms with E-state index in [-0.39, 0.29) is 10.8 Å². The van der Waals surface area contributed by atoms with E-state index in [4.69, 9.17) is 10.2 Å². The molecule has 0 aliphatic carbocycles. The van der Waals surface area contributed by atoms with Gasteiger partial charge < -0.3 is 10.2 Å². The molecule has 0 radical (unpaired) electrons. The molecule has 0 saturated carbocycles. The number of aromatic nitrogens is 2. The largest absolute Gasteiger partial charge is 0.422 e. The quantitative estimate of drug-likeness (QED) is 0.812. The van der Waals surface area contributed by atoms with Gasteiger partial charge in [0.2, 0.25) is 11.8 Å². The predicted molar refractivity (Wildman–Crippen MR) is 55.9 cm³/mol. The van der Waals surface area contributed by atoms with E-state index >= 15 is 0 Å². The molecule has 1 aliphatic heterocycles. The molecule has 78 valence electrons. The summed E-state index contributed by atoms with van der Waals surface area (Å²) in [5.74, 6) is 2.44. The van der Waals surface area contributed by atoms with Crippen molar-refractivity contribution in [3.8, 4) is 0 Å². The minimum Gasteiger partial charge on any atom is -0.422 e. The van der Waals surface area contributed by atoms with Crippen LogP contribution in [-0.4, -0.2) is 16.0 Å². The van der Waals surface area contributed by atoms with Crippen LogP contribution in [0.5, 0.6) is 0 Å². The third-order valence-electron chi connectivity index (χ3n) is 2.50. The number of hydrogen-bond donors (Lipinski definition) is 1. The highest BCUT2D eigenvalue weighted by atomic mass is 32.2. The van der Waals surface area contributed by atoms with Crippen LogP contribution >= 0.6 is 11.8 Å². The summed E-state index contributed by atoms with van der Waals surface area (Å²) in [6.07, 6.45) is 2.33. The molecular formula is C9H15N3OS. The smallest absolute Gasteiger partial charge is 0.232 e. The van der Waals surface area contributed by atoms with Crippen molar-refractivity contribution in [3.63, 3.8) is 0 Å². The molecule has 0 aromatic carbocycles. The summed E-state index contributed by atoms with van der Waals surface area (Å²) in [7, 11) is 0. The van der Waals surface area contributed by atoms with E-state index < -0.39 is 0 Å². The minimum absolute atomic E-state index is 0.0140. The summed E-state index contributed by atoms with van der Waals surface area (Å²) in [5, 5.41) is 8.02. The van der Waals surface area contributed by atoms with Crippen molar-refractivity contribution in [2.75, 3.05) is 5.75 Å². The van der Waals surface area contributed by atoms with Gasteiger partial charge in [-0.3, -0.25) is 0 Å². The van der Waals surface area contributed by atoms with Crippen LogP contribution in [-0.2, 0) is 4.75 Å². The third kappa shape index (κ3) is 1.66. The lowest BCUT2D eigenvalue weighted by Crippen LogP contribution is -2.13. The normalized spacial score (nSPS) is 29.4. The van der Waals surface area contributed by atoms with E-state index in [0.29, 0.717) is 5.89 Å². The molecule has 5 heteroatoms. The van der Waals surface area contributed by atoms with E-state index in [0.717, 1.165) is 12.3 Å². The molecular weight excluding hydrogens is 198 g/mol. The fraction of sp³-hybridized carbons (Fsp3) is 0.778. The highest BCUT2D eigenvalue weighted by Gasteiger charge is 2.36. The standard InChI is InChI=1S/C9H15N3OS/c1-6(10)7-11-12-8(13-7)9(2)4-3-5-14-9/h6H,3-5,10H2,1-2H3. The van der Waals surface area contributed by atoms with Gasteiger partial charge in [-0.15, -0.1) is 22.0 Å². The van der Waals surface area contributed by atoms with Gasteiger partial charge in [0.25, 0.3) is 0 Å². The van der Waals surface area contributed by atoms with Crippen molar-refractivity contribution in [2.45, 2.75) is 37.5 Å². The zero-order valence-corrected chi connectivity index (χ0v) is 9.30. The molecule has 2 N–H and O–H groups in total. The van der Waals surface area contributed by atoms with Gasteiger partial charge >= 0.3 is 0 Å². The Bertz CT molecular complexity index is 318. The highest BCUT2D eigenvalue weighted by Crippen LogP contribution is 2.45. The van der Waals surface area contributed by atoms with Crippen molar-refractivity contribution < 1.29 is 4.42 Å². The second kappa shape index (κ2) is 3.55. The Morgan fingerprint density at radius 2 is 2.36 bits per heavy atom. The van der Waals surface area contributed by atoms with Gasteiger partial charge in [-0.25, -0.2) is 0 Å². The van der Waals surface area contributed by atoms with Crippen LogP contribution in [0.1, 0.15) is 44.5 Å². The van der Waals surface area contributed by atoms with Gasteiger partial charge in [0.1, 0.15) is 0 Å². The average Bonchev–Trinajstić information content (AvgIpc) is 2.71. The van der Waals surface area contributed by atoms with Crippen LogP contribution in [0.25, 0.3) is 0 Å². The van der Waals surface area contributed by atoms with Crippen LogP contribution in [0, 0.1) is 0 Å². The van der Waals surface area contributed by atoms with Crippen LogP contribution < -0.4 is 5.73 Å². The van der Waals surface area contributed by atoms with E-state index in [1.165, 1.54) is 12.2 Å². The Morgan fingerprint density at radius 3 is 2.86 bits per heavy atom. The van der Waals surface area contributed by atoms with Gasteiger partial charge in [-0.05, 0) is 32.4 Å². The summed E-state index contributed by atoms with van der Waals surface area (Å²) >= 11 is 1.89. The van der Waals surface area contributed by atoms with Crippen molar-refractivity contribution in [2.24, 2.45) is 5.73 Å². The first-order chi connectivity index (χ1) is 6.62. The maximum atomic E-state index is 5.67. The summed E-state index contributed by atoms with van der Waals surface area (Å²) in [5.41, 5.74) is 5.67. The highest BCUT2D eigenvalue weighted by molar-refractivity contribution is 8.00. The topological polar surface area (TPSA) is 64.9 Å². The number of hydrogen-bond acceptors (Lipinski definition) is 5. The molecule has 0 spiro atoms. The van der Waals surface area contributed by atoms with Crippen LogP contribution in [0.2, 0.25) is 0 Å². The molecule has 1 saturated heterocycles. The van der Waals surface area contributed by atoms with Crippen LogP contribution in [0.15, 0.2) is 4.42 Å². The molecule has 1 fully saturated rings. The van der Waals surface area contributed by atoms with E-state index in [9.17, 15) is 0 Å². The van der Waals surface area contributed by atoms with Gasteiger partial charge in [0, 0.05) is 0 Å². The third-order valence-corrected chi connectivity index (χ3v) is 4.01. The Morgan fingerprint density at radius 1 is 1.57 bits per heavy atom. The Kier molecular flexibility index (Phi) is 2.53. The lowest BCUT2D eigenvalue weighted by atomic mass is 10.1. The van der Waals surface area contributed by atoms with Gasteiger partial charge in [-0.2, -0.15) is 0 Å². The van der Waals surface area contributed by atoms with Crippen LogP contribution in [0.3, 0.4) is 0 Å². The maximum absolute atomic E-state index is 5.67. The molecule has 2 atom stereocenters. The first-order valence-electron chi connectivity index (χ1n) is 4.85. The lowest BCUT2D eigenvalue weighted by Gasteiger charge is -2.16. The summed E-state index contributed by atoms with van der Waals surface area (Å²) < 4.78 is 5.58. The first kappa shape index (κ1) is 9.98. The maximum Gasteiger partial charge on any atom is 0.232 e.